The summed E-state index contributed by atoms with van der Waals surface area (Å²) >= 11 is 0. The van der Waals surface area contributed by atoms with E-state index in [1.165, 1.54) is 10.4 Å². The Morgan fingerprint density at radius 3 is 2.55 bits per heavy atom. The second-order valence-corrected chi connectivity index (χ2v) is 9.97. The maximum absolute atomic E-state index is 12.8. The third-order valence-corrected chi connectivity index (χ3v) is 7.21. The average Bonchev–Trinajstić information content (AvgIpc) is 3.10. The van der Waals surface area contributed by atoms with Crippen molar-refractivity contribution < 1.29 is 22.8 Å². The molecule has 1 spiro atoms. The van der Waals surface area contributed by atoms with E-state index in [-0.39, 0.29) is 11.6 Å². The minimum atomic E-state index is -3.42. The van der Waals surface area contributed by atoms with E-state index in [0.717, 1.165) is 36.1 Å². The molecule has 1 aromatic rings. The van der Waals surface area contributed by atoms with E-state index in [0.29, 0.717) is 24.9 Å². The van der Waals surface area contributed by atoms with Gasteiger partial charge >= 0.3 is 6.03 Å². The van der Waals surface area contributed by atoms with E-state index < -0.39 is 33.4 Å². The van der Waals surface area contributed by atoms with Crippen molar-refractivity contribution in [1.29, 1.82) is 0 Å². The SMILES string of the molecule is C[C@H]1Cc2cc(C(=O)NN3C(=O)NC4(CCCCC4)C3=O)ccc2N1S(C)(=O)=O. The third kappa shape index (κ3) is 3.25. The van der Waals surface area contributed by atoms with Gasteiger partial charge in [0.15, 0.2) is 0 Å². The second kappa shape index (κ2) is 6.72. The number of benzene rings is 1. The lowest BCUT2D eigenvalue weighted by Crippen LogP contribution is -2.50. The minimum Gasteiger partial charge on any atom is -0.322 e. The standard InChI is InChI=1S/C19H24N4O5S/c1-12-10-14-11-13(6-7-15(14)23(12)29(2,27)28)16(24)21-22-17(25)19(20-18(22)26)8-4-3-5-9-19/h6-7,11-12H,3-5,8-10H2,1-2H3,(H,20,26)(H,21,24)/t12-/m0/s1. The Balaban J connectivity index is 1.54. The molecule has 29 heavy (non-hydrogen) atoms. The normalized spacial score (nSPS) is 23.3. The summed E-state index contributed by atoms with van der Waals surface area (Å²) in [6, 6.07) is 3.84. The number of carbonyl (C=O) groups excluding carboxylic acids is 3. The molecule has 0 bridgehead atoms. The van der Waals surface area contributed by atoms with Crippen LogP contribution in [0.2, 0.25) is 0 Å². The zero-order chi connectivity index (χ0) is 21.0. The maximum Gasteiger partial charge on any atom is 0.344 e. The number of carbonyl (C=O) groups is 3. The van der Waals surface area contributed by atoms with Gasteiger partial charge in [0.2, 0.25) is 10.0 Å². The number of imide groups is 1. The summed E-state index contributed by atoms with van der Waals surface area (Å²) in [6.07, 6.45) is 5.51. The first-order valence-corrected chi connectivity index (χ1v) is 11.6. The number of hydrazine groups is 1. The van der Waals surface area contributed by atoms with E-state index in [1.54, 1.807) is 19.1 Å². The van der Waals surface area contributed by atoms with Gasteiger partial charge in [0, 0.05) is 11.6 Å². The summed E-state index contributed by atoms with van der Waals surface area (Å²) < 4.78 is 25.4. The van der Waals surface area contributed by atoms with Gasteiger partial charge in [-0.3, -0.25) is 19.3 Å². The summed E-state index contributed by atoms with van der Waals surface area (Å²) in [5.74, 6) is -1.01. The first-order valence-electron chi connectivity index (χ1n) is 9.72. The molecule has 0 unspecified atom stereocenters. The van der Waals surface area contributed by atoms with Crippen LogP contribution in [-0.4, -0.2) is 49.1 Å². The first-order chi connectivity index (χ1) is 13.6. The molecule has 0 aromatic heterocycles. The second-order valence-electron chi connectivity index (χ2n) is 8.11. The Morgan fingerprint density at radius 2 is 1.90 bits per heavy atom. The summed E-state index contributed by atoms with van der Waals surface area (Å²) in [6.45, 7) is 1.80. The number of amides is 4. The molecule has 2 N–H and O–H groups in total. The highest BCUT2D eigenvalue weighted by Crippen LogP contribution is 2.35. The minimum absolute atomic E-state index is 0.240. The van der Waals surface area contributed by atoms with Gasteiger partial charge in [0.1, 0.15) is 5.54 Å². The molecular formula is C19H24N4O5S. The Morgan fingerprint density at radius 1 is 1.21 bits per heavy atom. The van der Waals surface area contributed by atoms with Gasteiger partial charge in [-0.1, -0.05) is 19.3 Å². The van der Waals surface area contributed by atoms with Gasteiger partial charge in [0.25, 0.3) is 11.8 Å². The Hall–Kier alpha value is -2.62. The number of fused-ring (bicyclic) bond motifs is 1. The number of hydrogen-bond donors (Lipinski definition) is 2. The number of urea groups is 1. The van der Waals surface area contributed by atoms with Gasteiger partial charge in [-0.15, -0.1) is 0 Å². The molecule has 4 rings (SSSR count). The molecule has 1 aromatic carbocycles. The number of hydrogen-bond acceptors (Lipinski definition) is 5. The van der Waals surface area contributed by atoms with Gasteiger partial charge in [-0.2, -0.15) is 5.01 Å². The van der Waals surface area contributed by atoms with Crippen LogP contribution >= 0.6 is 0 Å². The highest BCUT2D eigenvalue weighted by molar-refractivity contribution is 7.92. The van der Waals surface area contributed by atoms with E-state index in [1.807, 2.05) is 0 Å². The number of nitrogens with zero attached hydrogens (tertiary/aromatic N) is 2. The summed E-state index contributed by atoms with van der Waals surface area (Å²) in [5, 5.41) is 3.52. The van der Waals surface area contributed by atoms with E-state index in [9.17, 15) is 22.8 Å². The Bertz CT molecular complexity index is 1000. The van der Waals surface area contributed by atoms with E-state index >= 15 is 0 Å². The zero-order valence-corrected chi connectivity index (χ0v) is 17.2. The van der Waals surface area contributed by atoms with Crippen LogP contribution in [0, 0.1) is 0 Å². The van der Waals surface area contributed by atoms with Crippen molar-refractivity contribution in [1.82, 2.24) is 15.8 Å². The van der Waals surface area contributed by atoms with Crippen LogP contribution in [0.15, 0.2) is 18.2 Å². The number of nitrogens with one attached hydrogen (secondary N) is 2. The van der Waals surface area contributed by atoms with Crippen LogP contribution in [0.25, 0.3) is 0 Å². The highest BCUT2D eigenvalue weighted by Gasteiger charge is 2.52. The van der Waals surface area contributed by atoms with Crippen molar-refractivity contribution in [2.75, 3.05) is 10.6 Å². The van der Waals surface area contributed by atoms with Crippen molar-refractivity contribution in [3.63, 3.8) is 0 Å². The van der Waals surface area contributed by atoms with Crippen molar-refractivity contribution >= 4 is 33.6 Å². The predicted octanol–water partition coefficient (Wildman–Crippen LogP) is 1.30. The molecule has 156 valence electrons. The fourth-order valence-electron chi connectivity index (χ4n) is 4.63. The van der Waals surface area contributed by atoms with Gasteiger partial charge < -0.3 is 5.32 Å². The van der Waals surface area contributed by atoms with Gasteiger partial charge in [-0.25, -0.2) is 13.2 Å². The highest BCUT2D eigenvalue weighted by atomic mass is 32.2. The molecule has 1 saturated carbocycles. The molecule has 1 aliphatic carbocycles. The molecular weight excluding hydrogens is 396 g/mol. The molecule has 2 aliphatic heterocycles. The lowest BCUT2D eigenvalue weighted by atomic mass is 9.82. The summed E-state index contributed by atoms with van der Waals surface area (Å²) in [5.41, 5.74) is 3.04. The Kier molecular flexibility index (Phi) is 4.56. The fourth-order valence-corrected chi connectivity index (χ4v) is 5.90. The van der Waals surface area contributed by atoms with Crippen molar-refractivity contribution in [3.05, 3.63) is 29.3 Å². The number of rotatable bonds is 3. The van der Waals surface area contributed by atoms with Gasteiger partial charge in [-0.05, 0) is 49.9 Å². The molecule has 1 saturated heterocycles. The summed E-state index contributed by atoms with van der Waals surface area (Å²) in [4.78, 5) is 37.8. The van der Waals surface area contributed by atoms with Crippen LogP contribution in [0.5, 0.6) is 0 Å². The molecule has 0 radical (unpaired) electrons. The van der Waals surface area contributed by atoms with Crippen LogP contribution < -0.4 is 15.0 Å². The van der Waals surface area contributed by atoms with Crippen LogP contribution in [0.4, 0.5) is 10.5 Å². The quantitative estimate of drug-likeness (QED) is 0.715. The lowest BCUT2D eigenvalue weighted by molar-refractivity contribution is -0.134. The van der Waals surface area contributed by atoms with Crippen LogP contribution in [-0.2, 0) is 21.2 Å². The summed E-state index contributed by atoms with van der Waals surface area (Å²) in [7, 11) is -3.42. The van der Waals surface area contributed by atoms with Crippen molar-refractivity contribution in [3.8, 4) is 0 Å². The number of sulfonamides is 1. The topological polar surface area (TPSA) is 116 Å². The molecule has 3 aliphatic rings. The Labute approximate surface area is 169 Å². The van der Waals surface area contributed by atoms with Crippen LogP contribution in [0.1, 0.15) is 54.9 Å². The molecule has 2 heterocycles. The molecule has 4 amide bonds. The molecule has 10 heteroatoms. The monoisotopic (exact) mass is 420 g/mol. The molecule has 2 fully saturated rings. The predicted molar refractivity (Wildman–Crippen MR) is 106 cm³/mol. The third-order valence-electron chi connectivity index (χ3n) is 5.93. The smallest absolute Gasteiger partial charge is 0.322 e. The van der Waals surface area contributed by atoms with Crippen molar-refractivity contribution in [2.24, 2.45) is 0 Å². The molecule has 1 atom stereocenters. The average molecular weight is 420 g/mol. The van der Waals surface area contributed by atoms with E-state index in [4.69, 9.17) is 0 Å². The maximum atomic E-state index is 12.8. The number of anilines is 1. The van der Waals surface area contributed by atoms with E-state index in [2.05, 4.69) is 10.7 Å². The largest absolute Gasteiger partial charge is 0.344 e. The first kappa shape index (κ1) is 19.7. The molecule has 9 nitrogen and oxygen atoms in total. The fraction of sp³-hybridized carbons (Fsp3) is 0.526. The van der Waals surface area contributed by atoms with Gasteiger partial charge in [0.05, 0.1) is 11.9 Å². The van der Waals surface area contributed by atoms with Crippen molar-refractivity contribution in [2.45, 2.75) is 57.0 Å². The lowest BCUT2D eigenvalue weighted by Gasteiger charge is -2.30. The zero-order valence-electron chi connectivity index (χ0n) is 16.4. The van der Waals surface area contributed by atoms with Crippen LogP contribution in [0.3, 0.4) is 0 Å².